The van der Waals surface area contributed by atoms with E-state index in [0.29, 0.717) is 30.6 Å². The number of rotatable bonds is 12. The number of carboxylic acids is 1. The zero-order valence-electron chi connectivity index (χ0n) is 22.6. The minimum atomic E-state index is -0.681. The van der Waals surface area contributed by atoms with E-state index >= 15 is 0 Å². The lowest BCUT2D eigenvalue weighted by atomic mass is 9.79. The Kier molecular flexibility index (Phi) is 8.75. The Morgan fingerprint density at radius 1 is 1.00 bits per heavy atom. The van der Waals surface area contributed by atoms with Crippen molar-refractivity contribution >= 4 is 5.97 Å². The number of tetrazole rings is 1. The Morgan fingerprint density at radius 2 is 1.74 bits per heavy atom. The van der Waals surface area contributed by atoms with E-state index in [-0.39, 0.29) is 0 Å². The van der Waals surface area contributed by atoms with Crippen LogP contribution < -0.4 is 0 Å². The Morgan fingerprint density at radius 3 is 2.44 bits per heavy atom. The van der Waals surface area contributed by atoms with E-state index in [1.807, 2.05) is 18.2 Å². The molecule has 2 aromatic carbocycles. The van der Waals surface area contributed by atoms with Crippen LogP contribution in [0.25, 0.3) is 22.5 Å². The zero-order valence-corrected chi connectivity index (χ0v) is 22.6. The summed E-state index contributed by atoms with van der Waals surface area (Å²) in [6.45, 7) is 2.89. The summed E-state index contributed by atoms with van der Waals surface area (Å²) < 4.78 is 2.09. The molecule has 39 heavy (non-hydrogen) atoms. The third kappa shape index (κ3) is 6.96. The molecule has 204 valence electrons. The first-order valence-corrected chi connectivity index (χ1v) is 14.2. The minimum Gasteiger partial charge on any atom is -0.481 e. The second kappa shape index (κ2) is 12.8. The van der Waals surface area contributed by atoms with Crippen LogP contribution in [0.5, 0.6) is 0 Å². The van der Waals surface area contributed by atoms with Gasteiger partial charge in [0.15, 0.2) is 11.6 Å². The molecule has 9 heteroatoms. The van der Waals surface area contributed by atoms with Gasteiger partial charge in [-0.1, -0.05) is 68.3 Å². The number of nitrogens with zero attached hydrogens (tertiary/aromatic N) is 6. The lowest BCUT2D eigenvalue weighted by molar-refractivity contribution is -0.138. The van der Waals surface area contributed by atoms with Gasteiger partial charge in [0.1, 0.15) is 5.82 Å². The molecule has 9 nitrogen and oxygen atoms in total. The molecular weight excluding hydrogens is 490 g/mol. The summed E-state index contributed by atoms with van der Waals surface area (Å²) in [7, 11) is 0. The highest BCUT2D eigenvalue weighted by molar-refractivity contribution is 5.80. The summed E-state index contributed by atoms with van der Waals surface area (Å²) in [5.74, 6) is 2.80. The van der Waals surface area contributed by atoms with Crippen LogP contribution in [-0.2, 0) is 24.2 Å². The van der Waals surface area contributed by atoms with Gasteiger partial charge in [-0.3, -0.25) is 4.79 Å². The molecule has 5 rings (SSSR count). The molecule has 0 bridgehead atoms. The van der Waals surface area contributed by atoms with Gasteiger partial charge < -0.3 is 5.11 Å². The van der Waals surface area contributed by atoms with Gasteiger partial charge in [0.05, 0.1) is 6.54 Å². The second-order valence-corrected chi connectivity index (χ2v) is 10.7. The molecule has 1 fully saturated rings. The lowest BCUT2D eigenvalue weighted by Gasteiger charge is -2.27. The van der Waals surface area contributed by atoms with Crippen LogP contribution >= 0.6 is 0 Å². The monoisotopic (exact) mass is 527 g/mol. The molecular formula is C30H37N7O2. The quantitative estimate of drug-likeness (QED) is 0.226. The third-order valence-electron chi connectivity index (χ3n) is 7.82. The number of aromatic nitrogens is 7. The van der Waals surface area contributed by atoms with Crippen molar-refractivity contribution in [3.63, 3.8) is 0 Å². The minimum absolute atomic E-state index is 0.292. The average molecular weight is 528 g/mol. The van der Waals surface area contributed by atoms with Crippen molar-refractivity contribution < 1.29 is 9.90 Å². The smallest absolute Gasteiger partial charge is 0.303 e. The van der Waals surface area contributed by atoms with Gasteiger partial charge in [-0.25, -0.2) is 14.8 Å². The van der Waals surface area contributed by atoms with E-state index in [1.54, 1.807) is 0 Å². The van der Waals surface area contributed by atoms with Gasteiger partial charge in [-0.2, -0.15) is 5.10 Å². The highest BCUT2D eigenvalue weighted by atomic mass is 16.4. The van der Waals surface area contributed by atoms with Crippen LogP contribution in [0.1, 0.15) is 75.5 Å². The summed E-state index contributed by atoms with van der Waals surface area (Å²) in [5.41, 5.74) is 4.31. The van der Waals surface area contributed by atoms with E-state index in [2.05, 4.69) is 62.6 Å². The Bertz CT molecular complexity index is 1340. The van der Waals surface area contributed by atoms with Crippen molar-refractivity contribution in [1.82, 2.24) is 35.4 Å². The van der Waals surface area contributed by atoms with Crippen molar-refractivity contribution in [2.24, 2.45) is 11.8 Å². The molecule has 2 N–H and O–H groups in total. The van der Waals surface area contributed by atoms with Gasteiger partial charge in [-0.15, -0.1) is 5.10 Å². The molecule has 0 unspecified atom stereocenters. The predicted molar refractivity (Wildman–Crippen MR) is 149 cm³/mol. The van der Waals surface area contributed by atoms with Gasteiger partial charge >= 0.3 is 5.97 Å². The van der Waals surface area contributed by atoms with Crippen molar-refractivity contribution in [2.75, 3.05) is 0 Å². The maximum absolute atomic E-state index is 11.1. The number of aliphatic carboxylic acids is 1. The summed E-state index contributed by atoms with van der Waals surface area (Å²) in [5, 5.41) is 28.5. The molecule has 1 saturated carbocycles. The average Bonchev–Trinajstić information content (AvgIpc) is 3.61. The fraction of sp³-hybridized carbons (Fsp3) is 0.467. The topological polar surface area (TPSA) is 122 Å². The first kappa shape index (κ1) is 26.7. The number of aryl methyl sites for hydroxylation is 1. The van der Waals surface area contributed by atoms with E-state index in [9.17, 15) is 4.79 Å². The molecule has 0 radical (unpaired) electrons. The predicted octanol–water partition coefficient (Wildman–Crippen LogP) is 5.73. The molecule has 0 atom stereocenters. The van der Waals surface area contributed by atoms with Crippen LogP contribution in [0.2, 0.25) is 0 Å². The molecule has 0 amide bonds. The van der Waals surface area contributed by atoms with Gasteiger partial charge in [-0.05, 0) is 71.1 Å². The molecule has 0 spiro atoms. The zero-order chi connectivity index (χ0) is 27.0. The van der Waals surface area contributed by atoms with Crippen molar-refractivity contribution in [3.8, 4) is 22.5 Å². The number of hydrogen-bond donors (Lipinski definition) is 2. The summed E-state index contributed by atoms with van der Waals surface area (Å²) in [4.78, 5) is 16.1. The van der Waals surface area contributed by atoms with E-state index in [4.69, 9.17) is 15.2 Å². The standard InChI is InChI=1S/C30H37N7O2/c1-2-3-4-9-27-31-28(18-21-10-12-22(13-11-21)19-29(38)39)37(34-27)20-23-14-16-24(17-15-23)25-7-5-6-8-26(25)30-32-35-36-33-30/h5-8,14-17,21-22H,2-4,9-13,18-20H2,1H3,(H,38,39)(H,32,33,35,36). The Balaban J connectivity index is 1.30. The number of carboxylic acid groups (broad SMARTS) is 1. The van der Waals surface area contributed by atoms with E-state index in [0.717, 1.165) is 73.3 Å². The van der Waals surface area contributed by atoms with Crippen LogP contribution in [-0.4, -0.2) is 46.5 Å². The van der Waals surface area contributed by atoms with Crippen molar-refractivity contribution in [3.05, 3.63) is 65.7 Å². The lowest BCUT2D eigenvalue weighted by Crippen LogP contribution is -2.20. The molecule has 0 saturated heterocycles. The van der Waals surface area contributed by atoms with Crippen LogP contribution in [0.3, 0.4) is 0 Å². The summed E-state index contributed by atoms with van der Waals surface area (Å²) >= 11 is 0. The molecule has 2 aromatic heterocycles. The maximum Gasteiger partial charge on any atom is 0.303 e. The first-order chi connectivity index (χ1) is 19.1. The van der Waals surface area contributed by atoms with E-state index in [1.165, 1.54) is 18.4 Å². The summed E-state index contributed by atoms with van der Waals surface area (Å²) in [6.07, 6.45) is 9.66. The Labute approximate surface area is 229 Å². The molecule has 1 aliphatic rings. The number of H-pyrrole nitrogens is 1. The van der Waals surface area contributed by atoms with Gasteiger partial charge in [0.2, 0.25) is 0 Å². The fourth-order valence-corrected chi connectivity index (χ4v) is 5.66. The second-order valence-electron chi connectivity index (χ2n) is 10.7. The highest BCUT2D eigenvalue weighted by Crippen LogP contribution is 2.33. The molecule has 0 aliphatic heterocycles. The maximum atomic E-state index is 11.1. The van der Waals surface area contributed by atoms with Gasteiger partial charge in [0.25, 0.3) is 0 Å². The number of aromatic amines is 1. The normalized spacial score (nSPS) is 17.4. The number of hydrogen-bond acceptors (Lipinski definition) is 6. The number of carbonyl (C=O) groups is 1. The van der Waals surface area contributed by atoms with Crippen LogP contribution in [0.4, 0.5) is 0 Å². The molecule has 4 aromatic rings. The number of benzene rings is 2. The molecule has 1 aliphatic carbocycles. The van der Waals surface area contributed by atoms with Crippen molar-refractivity contribution in [1.29, 1.82) is 0 Å². The highest BCUT2D eigenvalue weighted by Gasteiger charge is 2.25. The third-order valence-corrected chi connectivity index (χ3v) is 7.82. The largest absolute Gasteiger partial charge is 0.481 e. The first-order valence-electron chi connectivity index (χ1n) is 14.2. The van der Waals surface area contributed by atoms with Crippen LogP contribution in [0.15, 0.2) is 48.5 Å². The van der Waals surface area contributed by atoms with Gasteiger partial charge in [0, 0.05) is 24.8 Å². The molecule has 2 heterocycles. The van der Waals surface area contributed by atoms with E-state index < -0.39 is 5.97 Å². The SMILES string of the molecule is CCCCCc1nc(CC2CCC(CC(=O)O)CC2)n(Cc2ccc(-c3ccccc3-c3nnn[nH]3)cc2)n1. The number of unbranched alkanes of at least 4 members (excludes halogenated alkanes) is 2. The summed E-state index contributed by atoms with van der Waals surface area (Å²) in [6, 6.07) is 16.7. The van der Waals surface area contributed by atoms with Crippen molar-refractivity contribution in [2.45, 2.75) is 77.7 Å². The number of nitrogens with one attached hydrogen (secondary N) is 1. The fourth-order valence-electron chi connectivity index (χ4n) is 5.66. The Hall–Kier alpha value is -3.88. The van der Waals surface area contributed by atoms with Crippen LogP contribution in [0, 0.1) is 11.8 Å².